The summed E-state index contributed by atoms with van der Waals surface area (Å²) in [7, 11) is 0. The average molecular weight is 343 g/mol. The second-order valence-electron chi connectivity index (χ2n) is 3.34. The van der Waals surface area contributed by atoms with Crippen LogP contribution in [0.1, 0.15) is 5.56 Å². The molecular formula is C12H9Br2NO. The Kier molecular flexibility index (Phi) is 3.61. The van der Waals surface area contributed by atoms with Crippen LogP contribution in [0.25, 0.3) is 0 Å². The molecule has 0 saturated heterocycles. The Morgan fingerprint density at radius 1 is 1.12 bits per heavy atom. The van der Waals surface area contributed by atoms with E-state index in [1.807, 2.05) is 37.3 Å². The predicted molar refractivity (Wildman–Crippen MR) is 70.9 cm³/mol. The summed E-state index contributed by atoms with van der Waals surface area (Å²) in [6.07, 6.45) is 1.72. The lowest BCUT2D eigenvalue weighted by molar-refractivity contribution is 0.458. The van der Waals surface area contributed by atoms with Crippen molar-refractivity contribution < 1.29 is 4.74 Å². The van der Waals surface area contributed by atoms with E-state index in [0.717, 1.165) is 20.3 Å². The molecule has 0 fully saturated rings. The van der Waals surface area contributed by atoms with Gasteiger partial charge >= 0.3 is 0 Å². The van der Waals surface area contributed by atoms with E-state index in [1.54, 1.807) is 6.20 Å². The Hall–Kier alpha value is -0.870. The fourth-order valence-electron chi connectivity index (χ4n) is 1.28. The van der Waals surface area contributed by atoms with E-state index in [4.69, 9.17) is 4.74 Å². The molecule has 1 aromatic heterocycles. The molecule has 0 aliphatic heterocycles. The third-order valence-electron chi connectivity index (χ3n) is 2.01. The van der Waals surface area contributed by atoms with E-state index in [2.05, 4.69) is 36.8 Å². The van der Waals surface area contributed by atoms with Crippen LogP contribution in [0.15, 0.2) is 45.5 Å². The highest BCUT2D eigenvalue weighted by Gasteiger charge is 2.03. The SMILES string of the molecule is Cc1cc(Br)cnc1Oc1cccc(Br)c1. The Balaban J connectivity index is 2.27. The molecule has 0 N–H and O–H groups in total. The van der Waals surface area contributed by atoms with E-state index in [1.165, 1.54) is 0 Å². The third kappa shape index (κ3) is 2.83. The summed E-state index contributed by atoms with van der Waals surface area (Å²) in [4.78, 5) is 4.22. The van der Waals surface area contributed by atoms with Crippen LogP contribution in [0.3, 0.4) is 0 Å². The van der Waals surface area contributed by atoms with Gasteiger partial charge in [-0.3, -0.25) is 0 Å². The molecule has 0 radical (unpaired) electrons. The summed E-state index contributed by atoms with van der Waals surface area (Å²) in [6.45, 7) is 1.96. The molecule has 0 amide bonds. The quantitative estimate of drug-likeness (QED) is 0.788. The summed E-state index contributed by atoms with van der Waals surface area (Å²) in [5.74, 6) is 1.40. The average Bonchev–Trinajstić information content (AvgIpc) is 2.22. The van der Waals surface area contributed by atoms with Crippen LogP contribution < -0.4 is 4.74 Å². The standard InChI is InChI=1S/C12H9Br2NO/c1-8-5-10(14)7-15-12(8)16-11-4-2-3-9(13)6-11/h2-7H,1H3. The van der Waals surface area contributed by atoms with Gasteiger partial charge in [-0.05, 0) is 47.1 Å². The smallest absolute Gasteiger partial charge is 0.222 e. The highest BCUT2D eigenvalue weighted by molar-refractivity contribution is 9.10. The van der Waals surface area contributed by atoms with Crippen molar-refractivity contribution in [2.75, 3.05) is 0 Å². The molecule has 0 atom stereocenters. The Labute approximate surface area is 111 Å². The molecular weight excluding hydrogens is 334 g/mol. The predicted octanol–water partition coefficient (Wildman–Crippen LogP) is 4.71. The maximum atomic E-state index is 5.68. The van der Waals surface area contributed by atoms with Crippen molar-refractivity contribution in [2.24, 2.45) is 0 Å². The van der Waals surface area contributed by atoms with Crippen LogP contribution in [-0.4, -0.2) is 4.98 Å². The maximum absolute atomic E-state index is 5.68. The lowest BCUT2D eigenvalue weighted by Gasteiger charge is -2.07. The zero-order valence-corrected chi connectivity index (χ0v) is 11.7. The number of aromatic nitrogens is 1. The molecule has 0 saturated carbocycles. The van der Waals surface area contributed by atoms with Gasteiger partial charge in [0.05, 0.1) is 0 Å². The van der Waals surface area contributed by atoms with Crippen molar-refractivity contribution in [1.29, 1.82) is 0 Å². The van der Waals surface area contributed by atoms with Crippen LogP contribution in [0, 0.1) is 6.92 Å². The number of aryl methyl sites for hydroxylation is 1. The van der Waals surface area contributed by atoms with Crippen LogP contribution in [0.2, 0.25) is 0 Å². The van der Waals surface area contributed by atoms with Crippen molar-refractivity contribution >= 4 is 31.9 Å². The minimum absolute atomic E-state index is 0.626. The van der Waals surface area contributed by atoms with Gasteiger partial charge in [-0.15, -0.1) is 0 Å². The van der Waals surface area contributed by atoms with Gasteiger partial charge in [-0.2, -0.15) is 0 Å². The fourth-order valence-corrected chi connectivity index (χ4v) is 2.10. The number of halogens is 2. The zero-order valence-electron chi connectivity index (χ0n) is 8.58. The first kappa shape index (κ1) is 11.6. The molecule has 0 aliphatic carbocycles. The lowest BCUT2D eigenvalue weighted by Crippen LogP contribution is -1.90. The van der Waals surface area contributed by atoms with Crippen LogP contribution in [0.4, 0.5) is 0 Å². The number of pyridine rings is 1. The molecule has 0 aliphatic rings. The van der Waals surface area contributed by atoms with E-state index in [9.17, 15) is 0 Å². The Bertz CT molecular complexity index is 514. The second-order valence-corrected chi connectivity index (χ2v) is 5.17. The molecule has 1 aromatic carbocycles. The van der Waals surface area contributed by atoms with E-state index < -0.39 is 0 Å². The number of nitrogens with zero attached hydrogens (tertiary/aromatic N) is 1. The molecule has 4 heteroatoms. The van der Waals surface area contributed by atoms with Gasteiger partial charge in [0.1, 0.15) is 5.75 Å². The lowest BCUT2D eigenvalue weighted by atomic mass is 10.3. The van der Waals surface area contributed by atoms with Gasteiger partial charge in [0.2, 0.25) is 5.88 Å². The highest BCUT2D eigenvalue weighted by atomic mass is 79.9. The molecule has 0 spiro atoms. The van der Waals surface area contributed by atoms with Gasteiger partial charge in [0.15, 0.2) is 0 Å². The van der Waals surface area contributed by atoms with Gasteiger partial charge in [0.25, 0.3) is 0 Å². The minimum atomic E-state index is 0.626. The first-order chi connectivity index (χ1) is 7.65. The molecule has 2 nitrogen and oxygen atoms in total. The summed E-state index contributed by atoms with van der Waals surface area (Å²) >= 11 is 6.77. The molecule has 16 heavy (non-hydrogen) atoms. The number of ether oxygens (including phenoxy) is 1. The Morgan fingerprint density at radius 2 is 1.94 bits per heavy atom. The molecule has 2 rings (SSSR count). The van der Waals surface area contributed by atoms with Gasteiger partial charge in [-0.1, -0.05) is 22.0 Å². The minimum Gasteiger partial charge on any atom is -0.439 e. The van der Waals surface area contributed by atoms with E-state index in [0.29, 0.717) is 5.88 Å². The number of benzene rings is 1. The van der Waals surface area contributed by atoms with Crippen LogP contribution in [0.5, 0.6) is 11.6 Å². The van der Waals surface area contributed by atoms with Crippen molar-refractivity contribution in [3.8, 4) is 11.6 Å². The molecule has 0 bridgehead atoms. The molecule has 82 valence electrons. The maximum Gasteiger partial charge on any atom is 0.222 e. The topological polar surface area (TPSA) is 22.1 Å². The van der Waals surface area contributed by atoms with Crippen molar-refractivity contribution in [3.63, 3.8) is 0 Å². The third-order valence-corrected chi connectivity index (χ3v) is 2.93. The second kappa shape index (κ2) is 4.97. The van der Waals surface area contributed by atoms with E-state index >= 15 is 0 Å². The van der Waals surface area contributed by atoms with Gasteiger partial charge in [-0.25, -0.2) is 4.98 Å². The van der Waals surface area contributed by atoms with Crippen LogP contribution >= 0.6 is 31.9 Å². The largest absolute Gasteiger partial charge is 0.439 e. The molecule has 0 unspecified atom stereocenters. The Morgan fingerprint density at radius 3 is 2.62 bits per heavy atom. The summed E-state index contributed by atoms with van der Waals surface area (Å²) in [5, 5.41) is 0. The van der Waals surface area contributed by atoms with Crippen molar-refractivity contribution in [3.05, 3.63) is 51.0 Å². The molecule has 1 heterocycles. The van der Waals surface area contributed by atoms with Gasteiger partial charge < -0.3 is 4.74 Å². The zero-order chi connectivity index (χ0) is 11.5. The number of hydrogen-bond donors (Lipinski definition) is 0. The molecule has 2 aromatic rings. The van der Waals surface area contributed by atoms with Crippen molar-refractivity contribution in [2.45, 2.75) is 6.92 Å². The number of rotatable bonds is 2. The van der Waals surface area contributed by atoms with E-state index in [-0.39, 0.29) is 0 Å². The highest BCUT2D eigenvalue weighted by Crippen LogP contribution is 2.26. The number of hydrogen-bond acceptors (Lipinski definition) is 2. The van der Waals surface area contributed by atoms with Crippen molar-refractivity contribution in [1.82, 2.24) is 4.98 Å². The first-order valence-electron chi connectivity index (χ1n) is 4.71. The van der Waals surface area contributed by atoms with Crippen LogP contribution in [-0.2, 0) is 0 Å². The monoisotopic (exact) mass is 341 g/mol. The first-order valence-corrected chi connectivity index (χ1v) is 6.29. The normalized spacial score (nSPS) is 10.2. The summed E-state index contributed by atoms with van der Waals surface area (Å²) < 4.78 is 7.62. The van der Waals surface area contributed by atoms with Gasteiger partial charge in [0, 0.05) is 20.7 Å². The summed E-state index contributed by atoms with van der Waals surface area (Å²) in [5.41, 5.74) is 0.995. The fraction of sp³-hybridized carbons (Fsp3) is 0.0833. The summed E-state index contributed by atoms with van der Waals surface area (Å²) in [6, 6.07) is 9.65.